The van der Waals surface area contributed by atoms with Crippen LogP contribution < -0.4 is 16.2 Å². The van der Waals surface area contributed by atoms with E-state index >= 15 is 0 Å². The highest BCUT2D eigenvalue weighted by molar-refractivity contribution is 6.30. The van der Waals surface area contributed by atoms with Gasteiger partial charge in [0, 0.05) is 5.02 Å². The molecule has 0 fully saturated rings. The maximum absolute atomic E-state index is 8.93. The zero-order valence-electron chi connectivity index (χ0n) is 16.6. The van der Waals surface area contributed by atoms with E-state index in [2.05, 4.69) is 6.58 Å². The number of aliphatic hydroxyl groups excluding tert-OH is 1. The average Bonchev–Trinajstić information content (AvgIpc) is 2.76. The van der Waals surface area contributed by atoms with Crippen LogP contribution in [0.15, 0.2) is 85.3 Å². The van der Waals surface area contributed by atoms with Gasteiger partial charge in [0.25, 0.3) is 0 Å². The molecular weight excluding hydrogens is 400 g/mol. The van der Waals surface area contributed by atoms with E-state index in [0.717, 1.165) is 22.3 Å². The number of nitrogens with two attached hydrogens (primary N) is 2. The van der Waals surface area contributed by atoms with Crippen LogP contribution in [0, 0.1) is 0 Å². The molecule has 3 rings (SSSR count). The second kappa shape index (κ2) is 9.67. The van der Waals surface area contributed by atoms with Gasteiger partial charge >= 0.3 is 0 Å². The van der Waals surface area contributed by atoms with E-state index in [1.165, 1.54) is 0 Å². The van der Waals surface area contributed by atoms with Gasteiger partial charge in [-0.05, 0) is 59.2 Å². The lowest BCUT2D eigenvalue weighted by Gasteiger charge is -2.31. The largest absolute Gasteiger partial charge is 0.491 e. The minimum atomic E-state index is -0.980. The topological polar surface area (TPSA) is 90.7 Å². The van der Waals surface area contributed by atoms with Crippen molar-refractivity contribution in [1.82, 2.24) is 0 Å². The Hall–Kier alpha value is -2.99. The smallest absolute Gasteiger partial charge is 0.176 e. The molecule has 0 saturated carbocycles. The third-order valence-electron chi connectivity index (χ3n) is 4.75. The van der Waals surface area contributed by atoms with Crippen LogP contribution in [0.25, 0.3) is 11.1 Å². The minimum Gasteiger partial charge on any atom is -0.491 e. The summed E-state index contributed by atoms with van der Waals surface area (Å²) in [5, 5.41) is 9.59. The predicted molar refractivity (Wildman–Crippen MR) is 120 cm³/mol. The van der Waals surface area contributed by atoms with E-state index in [4.69, 9.17) is 37.6 Å². The second-order valence-electron chi connectivity index (χ2n) is 6.91. The van der Waals surface area contributed by atoms with Crippen molar-refractivity contribution in [3.05, 3.63) is 101 Å². The summed E-state index contributed by atoms with van der Waals surface area (Å²) in [6.45, 7) is 3.90. The first-order valence-corrected chi connectivity index (χ1v) is 9.87. The Balaban J connectivity index is 2.01. The van der Waals surface area contributed by atoms with E-state index in [1.807, 2.05) is 72.8 Å². The molecule has 5 nitrogen and oxygen atoms in total. The molecule has 0 radical (unpaired) electrons. The fourth-order valence-electron chi connectivity index (χ4n) is 3.20. The SMILES string of the molecule is C=C(N)OCC(N)(c1ccc(OCCO)cc1)c1cccc(-c2cccc(Cl)c2)c1. The lowest BCUT2D eigenvalue weighted by Crippen LogP contribution is -2.43. The molecule has 0 aliphatic rings. The maximum Gasteiger partial charge on any atom is 0.176 e. The molecule has 3 aromatic rings. The number of hydrogen-bond acceptors (Lipinski definition) is 5. The van der Waals surface area contributed by atoms with Crippen LogP contribution >= 0.6 is 11.6 Å². The highest BCUT2D eigenvalue weighted by Crippen LogP contribution is 2.32. The van der Waals surface area contributed by atoms with E-state index in [-0.39, 0.29) is 25.7 Å². The van der Waals surface area contributed by atoms with Crippen LogP contribution in [0.1, 0.15) is 11.1 Å². The molecule has 30 heavy (non-hydrogen) atoms. The normalized spacial score (nSPS) is 12.8. The molecule has 0 aliphatic carbocycles. The maximum atomic E-state index is 8.93. The molecule has 0 bridgehead atoms. The lowest BCUT2D eigenvalue weighted by molar-refractivity contribution is 0.161. The van der Waals surface area contributed by atoms with Crippen molar-refractivity contribution in [3.63, 3.8) is 0 Å². The summed E-state index contributed by atoms with van der Waals surface area (Å²) >= 11 is 6.16. The molecule has 0 amide bonds. The van der Waals surface area contributed by atoms with Gasteiger partial charge in [-0.1, -0.05) is 54.1 Å². The van der Waals surface area contributed by atoms with Crippen LogP contribution in [0.5, 0.6) is 5.75 Å². The summed E-state index contributed by atoms with van der Waals surface area (Å²) in [5.74, 6) is 0.741. The van der Waals surface area contributed by atoms with Gasteiger partial charge in [0.05, 0.1) is 6.61 Å². The Morgan fingerprint density at radius 2 is 1.63 bits per heavy atom. The van der Waals surface area contributed by atoms with Crippen molar-refractivity contribution < 1.29 is 14.6 Å². The summed E-state index contributed by atoms with van der Waals surface area (Å²) in [6.07, 6.45) is 0. The Kier molecular flexibility index (Phi) is 7.00. The zero-order valence-corrected chi connectivity index (χ0v) is 17.3. The van der Waals surface area contributed by atoms with E-state index < -0.39 is 5.54 Å². The van der Waals surface area contributed by atoms with Gasteiger partial charge < -0.3 is 26.0 Å². The monoisotopic (exact) mass is 424 g/mol. The Morgan fingerprint density at radius 1 is 0.967 bits per heavy atom. The lowest BCUT2D eigenvalue weighted by atomic mass is 9.83. The number of ether oxygens (including phenoxy) is 2. The van der Waals surface area contributed by atoms with Gasteiger partial charge in [-0.3, -0.25) is 0 Å². The average molecular weight is 425 g/mol. The summed E-state index contributed by atoms with van der Waals surface area (Å²) in [6, 6.07) is 22.9. The number of aliphatic hydroxyl groups is 1. The van der Waals surface area contributed by atoms with Crippen LogP contribution in [-0.2, 0) is 10.3 Å². The Morgan fingerprint density at radius 3 is 2.27 bits per heavy atom. The molecular formula is C24H25ClN2O3. The van der Waals surface area contributed by atoms with Gasteiger partial charge in [0.15, 0.2) is 5.88 Å². The Bertz CT molecular complexity index is 1010. The van der Waals surface area contributed by atoms with Crippen LogP contribution in [0.2, 0.25) is 5.02 Å². The molecule has 0 saturated heterocycles. The highest BCUT2D eigenvalue weighted by Gasteiger charge is 2.31. The highest BCUT2D eigenvalue weighted by atomic mass is 35.5. The summed E-state index contributed by atoms with van der Waals surface area (Å²) in [5.41, 5.74) is 15.2. The van der Waals surface area contributed by atoms with Gasteiger partial charge in [0.1, 0.15) is 24.5 Å². The van der Waals surface area contributed by atoms with Crippen LogP contribution in [0.4, 0.5) is 0 Å². The molecule has 0 spiro atoms. The first kappa shape index (κ1) is 21.7. The summed E-state index contributed by atoms with van der Waals surface area (Å²) in [4.78, 5) is 0. The molecule has 3 aromatic carbocycles. The first-order valence-electron chi connectivity index (χ1n) is 9.49. The van der Waals surface area contributed by atoms with Crippen molar-refractivity contribution >= 4 is 11.6 Å². The molecule has 0 aromatic heterocycles. The standard InChI is InChI=1S/C24H25ClN2O3/c1-17(26)30-16-24(27,20-8-10-23(11-9-20)29-13-12-28)21-6-2-4-18(14-21)19-5-3-7-22(25)15-19/h2-11,14-15,28H,1,12-13,16,26-27H2. The third kappa shape index (κ3) is 5.13. The molecule has 156 valence electrons. The van der Waals surface area contributed by atoms with Gasteiger partial charge in [-0.2, -0.15) is 0 Å². The van der Waals surface area contributed by atoms with Crippen molar-refractivity contribution in [2.24, 2.45) is 11.5 Å². The van der Waals surface area contributed by atoms with Gasteiger partial charge in [-0.15, -0.1) is 0 Å². The number of halogens is 1. The predicted octanol–water partition coefficient (Wildman–Crippen LogP) is 4.03. The molecule has 1 atom stereocenters. The first-order chi connectivity index (χ1) is 14.4. The van der Waals surface area contributed by atoms with Crippen LogP contribution in [0.3, 0.4) is 0 Å². The van der Waals surface area contributed by atoms with Crippen LogP contribution in [-0.4, -0.2) is 24.9 Å². The van der Waals surface area contributed by atoms with Crippen molar-refractivity contribution in [1.29, 1.82) is 0 Å². The number of hydrogen-bond donors (Lipinski definition) is 3. The second-order valence-corrected chi connectivity index (χ2v) is 7.35. The summed E-state index contributed by atoms with van der Waals surface area (Å²) in [7, 11) is 0. The van der Waals surface area contributed by atoms with Gasteiger partial charge in [0.2, 0.25) is 0 Å². The van der Waals surface area contributed by atoms with E-state index in [0.29, 0.717) is 10.8 Å². The van der Waals surface area contributed by atoms with E-state index in [9.17, 15) is 0 Å². The van der Waals surface area contributed by atoms with Crippen molar-refractivity contribution in [2.45, 2.75) is 5.54 Å². The van der Waals surface area contributed by atoms with Crippen molar-refractivity contribution in [3.8, 4) is 16.9 Å². The third-order valence-corrected chi connectivity index (χ3v) is 4.99. The van der Waals surface area contributed by atoms with E-state index in [1.54, 1.807) is 0 Å². The molecule has 0 aliphatic heterocycles. The summed E-state index contributed by atoms with van der Waals surface area (Å²) < 4.78 is 11.0. The quantitative estimate of drug-likeness (QED) is 0.451. The minimum absolute atomic E-state index is 0.0503. The fourth-order valence-corrected chi connectivity index (χ4v) is 3.39. The molecule has 1 unspecified atom stereocenters. The fraction of sp³-hybridized carbons (Fsp3) is 0.167. The van der Waals surface area contributed by atoms with Crippen molar-refractivity contribution in [2.75, 3.05) is 19.8 Å². The van der Waals surface area contributed by atoms with Gasteiger partial charge in [-0.25, -0.2) is 0 Å². The molecule has 5 N–H and O–H groups in total. The Labute approximate surface area is 181 Å². The number of rotatable bonds is 9. The molecule has 0 heterocycles. The number of benzene rings is 3. The molecule has 6 heteroatoms. The zero-order chi connectivity index (χ0) is 21.6.